The second-order valence-corrected chi connectivity index (χ2v) is 5.06. The maximum atomic E-state index is 11.8. The zero-order chi connectivity index (χ0) is 14.0. The molecule has 0 bridgehead atoms. The van der Waals surface area contributed by atoms with Crippen LogP contribution in [0.5, 0.6) is 0 Å². The molecule has 0 spiro atoms. The second kappa shape index (κ2) is 5.42. The number of methoxy groups -OCH3 is 1. The van der Waals surface area contributed by atoms with Crippen LogP contribution in [0, 0.1) is 0 Å². The van der Waals surface area contributed by atoms with Gasteiger partial charge < -0.3 is 10.1 Å². The summed E-state index contributed by atoms with van der Waals surface area (Å²) in [6.45, 7) is 3.38. The molecule has 0 unspecified atom stereocenters. The van der Waals surface area contributed by atoms with Crippen molar-refractivity contribution in [2.45, 2.75) is 0 Å². The van der Waals surface area contributed by atoms with Crippen molar-refractivity contribution in [2.75, 3.05) is 12.4 Å². The molecular weight excluding hydrogens is 286 g/mol. The van der Waals surface area contributed by atoms with Gasteiger partial charge in [-0.15, -0.1) is 11.3 Å². The number of carbonyl (C=O) groups excluding carboxylic acids is 2. The number of anilines is 1. The fourth-order valence-corrected chi connectivity index (χ4v) is 3.06. The third kappa shape index (κ3) is 2.47. The number of hydrogen-bond acceptors (Lipinski definition) is 4. The van der Waals surface area contributed by atoms with Crippen LogP contribution in [0.2, 0.25) is 5.02 Å². The fraction of sp³-hybridized carbons (Fsp3) is 0.0769. The number of rotatable bonds is 3. The standard InChI is InChI=1S/C13H10ClNO3S/c1-3-9(16)15-11-10-7(14)5-4-6-8(10)19-12(11)13(17)18-2/h3-6H,1H2,2H3,(H,15,16). The smallest absolute Gasteiger partial charge is 0.350 e. The second-order valence-electron chi connectivity index (χ2n) is 3.60. The molecule has 4 nitrogen and oxygen atoms in total. The highest BCUT2D eigenvalue weighted by Gasteiger charge is 2.21. The van der Waals surface area contributed by atoms with E-state index in [1.54, 1.807) is 12.1 Å². The number of nitrogens with one attached hydrogen (secondary N) is 1. The van der Waals surface area contributed by atoms with Gasteiger partial charge in [-0.3, -0.25) is 4.79 Å². The Morgan fingerprint density at radius 1 is 1.47 bits per heavy atom. The molecule has 0 fully saturated rings. The summed E-state index contributed by atoms with van der Waals surface area (Å²) in [6.07, 6.45) is 1.13. The zero-order valence-corrected chi connectivity index (χ0v) is 11.6. The number of esters is 1. The Morgan fingerprint density at radius 3 is 2.84 bits per heavy atom. The number of thiophene rings is 1. The first kappa shape index (κ1) is 13.6. The molecule has 1 aromatic carbocycles. The van der Waals surface area contributed by atoms with Crippen molar-refractivity contribution in [2.24, 2.45) is 0 Å². The SMILES string of the molecule is C=CC(=O)Nc1c(C(=O)OC)sc2cccc(Cl)c12. The summed E-state index contributed by atoms with van der Waals surface area (Å²) in [5.41, 5.74) is 0.363. The fourth-order valence-electron chi connectivity index (χ4n) is 1.64. The van der Waals surface area contributed by atoms with E-state index in [0.29, 0.717) is 21.0 Å². The van der Waals surface area contributed by atoms with E-state index in [9.17, 15) is 9.59 Å². The summed E-state index contributed by atoms with van der Waals surface area (Å²) < 4.78 is 5.51. The lowest BCUT2D eigenvalue weighted by Crippen LogP contribution is -2.10. The van der Waals surface area contributed by atoms with Gasteiger partial charge in [0.05, 0.1) is 17.8 Å². The number of ether oxygens (including phenoxy) is 1. The van der Waals surface area contributed by atoms with Gasteiger partial charge in [-0.2, -0.15) is 0 Å². The highest BCUT2D eigenvalue weighted by molar-refractivity contribution is 7.21. The van der Waals surface area contributed by atoms with E-state index in [1.165, 1.54) is 18.4 Å². The number of hydrogen-bond donors (Lipinski definition) is 1. The monoisotopic (exact) mass is 295 g/mol. The van der Waals surface area contributed by atoms with Crippen LogP contribution in [0.4, 0.5) is 5.69 Å². The molecular formula is C13H10ClNO3S. The maximum Gasteiger partial charge on any atom is 0.350 e. The molecule has 0 radical (unpaired) electrons. The first-order valence-electron chi connectivity index (χ1n) is 5.31. The highest BCUT2D eigenvalue weighted by atomic mass is 35.5. The third-order valence-corrected chi connectivity index (χ3v) is 3.92. The Balaban J connectivity index is 2.70. The lowest BCUT2D eigenvalue weighted by molar-refractivity contribution is -0.111. The molecule has 2 rings (SSSR count). The lowest BCUT2D eigenvalue weighted by Gasteiger charge is -2.04. The topological polar surface area (TPSA) is 55.4 Å². The molecule has 0 aliphatic rings. The average Bonchev–Trinajstić information content (AvgIpc) is 2.78. The minimum atomic E-state index is -0.517. The molecule has 0 atom stereocenters. The number of benzene rings is 1. The molecule has 98 valence electrons. The number of amides is 1. The van der Waals surface area contributed by atoms with E-state index >= 15 is 0 Å². The number of fused-ring (bicyclic) bond motifs is 1. The molecule has 1 heterocycles. The first-order chi connectivity index (χ1) is 9.08. The van der Waals surface area contributed by atoms with Gasteiger partial charge in [0.1, 0.15) is 4.88 Å². The minimum Gasteiger partial charge on any atom is -0.465 e. The summed E-state index contributed by atoms with van der Waals surface area (Å²) in [6, 6.07) is 5.30. The van der Waals surface area contributed by atoms with Crippen molar-refractivity contribution in [3.8, 4) is 0 Å². The van der Waals surface area contributed by atoms with Crippen molar-refractivity contribution in [1.82, 2.24) is 0 Å². The van der Waals surface area contributed by atoms with Crippen LogP contribution in [-0.4, -0.2) is 19.0 Å². The highest BCUT2D eigenvalue weighted by Crippen LogP contribution is 2.40. The molecule has 0 aliphatic heterocycles. The lowest BCUT2D eigenvalue weighted by atomic mass is 10.2. The predicted octanol–water partition coefficient (Wildman–Crippen LogP) is 3.47. The van der Waals surface area contributed by atoms with Gasteiger partial charge in [0, 0.05) is 10.1 Å². The Hall–Kier alpha value is -1.85. The molecule has 1 aromatic heterocycles. The van der Waals surface area contributed by atoms with Crippen molar-refractivity contribution in [3.05, 3.63) is 40.8 Å². The van der Waals surface area contributed by atoms with Crippen LogP contribution in [0.15, 0.2) is 30.9 Å². The van der Waals surface area contributed by atoms with Gasteiger partial charge in [-0.05, 0) is 18.2 Å². The van der Waals surface area contributed by atoms with E-state index < -0.39 is 11.9 Å². The average molecular weight is 296 g/mol. The van der Waals surface area contributed by atoms with E-state index in [1.807, 2.05) is 6.07 Å². The molecule has 19 heavy (non-hydrogen) atoms. The van der Waals surface area contributed by atoms with Gasteiger partial charge in [0.2, 0.25) is 5.91 Å². The van der Waals surface area contributed by atoms with Crippen LogP contribution >= 0.6 is 22.9 Å². The van der Waals surface area contributed by atoms with E-state index in [2.05, 4.69) is 11.9 Å². The van der Waals surface area contributed by atoms with Gasteiger partial charge in [-0.1, -0.05) is 24.2 Å². The van der Waals surface area contributed by atoms with E-state index in [0.717, 1.165) is 10.8 Å². The van der Waals surface area contributed by atoms with Gasteiger partial charge >= 0.3 is 5.97 Å². The van der Waals surface area contributed by atoms with Crippen molar-refractivity contribution in [1.29, 1.82) is 0 Å². The van der Waals surface area contributed by atoms with Crippen LogP contribution < -0.4 is 5.32 Å². The van der Waals surface area contributed by atoms with Crippen LogP contribution in [0.3, 0.4) is 0 Å². The summed E-state index contributed by atoms with van der Waals surface area (Å²) in [5, 5.41) is 3.70. The van der Waals surface area contributed by atoms with Gasteiger partial charge in [0.15, 0.2) is 0 Å². The first-order valence-corrected chi connectivity index (χ1v) is 6.50. The van der Waals surface area contributed by atoms with Gasteiger partial charge in [0.25, 0.3) is 0 Å². The summed E-state index contributed by atoms with van der Waals surface area (Å²) >= 11 is 7.34. The Bertz CT molecular complexity index is 678. The molecule has 6 heteroatoms. The largest absolute Gasteiger partial charge is 0.465 e. The third-order valence-electron chi connectivity index (χ3n) is 2.47. The zero-order valence-electron chi connectivity index (χ0n) is 10.0. The predicted molar refractivity (Wildman–Crippen MR) is 77.0 cm³/mol. The normalized spacial score (nSPS) is 10.2. The molecule has 0 saturated heterocycles. The Kier molecular flexibility index (Phi) is 3.87. The number of carbonyl (C=O) groups is 2. The molecule has 2 aromatic rings. The van der Waals surface area contributed by atoms with Crippen molar-refractivity contribution >= 4 is 50.6 Å². The summed E-state index contributed by atoms with van der Waals surface area (Å²) in [7, 11) is 1.29. The molecule has 1 N–H and O–H groups in total. The molecule has 0 aliphatic carbocycles. The number of halogens is 1. The molecule has 1 amide bonds. The minimum absolute atomic E-state index is 0.306. The maximum absolute atomic E-state index is 11.8. The quantitative estimate of drug-likeness (QED) is 0.697. The van der Waals surface area contributed by atoms with Crippen LogP contribution in [-0.2, 0) is 9.53 Å². The van der Waals surface area contributed by atoms with E-state index in [4.69, 9.17) is 16.3 Å². The van der Waals surface area contributed by atoms with E-state index in [-0.39, 0.29) is 0 Å². The van der Waals surface area contributed by atoms with Crippen LogP contribution in [0.1, 0.15) is 9.67 Å². The summed E-state index contributed by atoms with van der Waals surface area (Å²) in [4.78, 5) is 23.5. The van der Waals surface area contributed by atoms with Crippen LogP contribution in [0.25, 0.3) is 10.1 Å². The van der Waals surface area contributed by atoms with Crippen molar-refractivity contribution < 1.29 is 14.3 Å². The van der Waals surface area contributed by atoms with Gasteiger partial charge in [-0.25, -0.2) is 4.79 Å². The Labute approximate surface area is 118 Å². The summed E-state index contributed by atoms with van der Waals surface area (Å²) in [5.74, 6) is -0.929. The molecule has 0 saturated carbocycles. The van der Waals surface area contributed by atoms with Crippen molar-refractivity contribution in [3.63, 3.8) is 0 Å². The Morgan fingerprint density at radius 2 is 2.21 bits per heavy atom.